The molecule has 1 aromatic rings. The van der Waals surface area contributed by atoms with E-state index in [-0.39, 0.29) is 18.2 Å². The number of hydrogen-bond donors (Lipinski definition) is 2. The average Bonchev–Trinajstić information content (AvgIpc) is 2.83. The number of oxazole rings is 1. The lowest BCUT2D eigenvalue weighted by Gasteiger charge is -2.28. The Labute approximate surface area is 132 Å². The molecule has 1 aromatic heterocycles. The van der Waals surface area contributed by atoms with Crippen LogP contribution in [0.1, 0.15) is 58.6 Å². The number of alkyl carbamates (subject to hydrolysis) is 1. The first kappa shape index (κ1) is 16.8. The van der Waals surface area contributed by atoms with Gasteiger partial charge in [-0.15, -0.1) is 0 Å². The first-order chi connectivity index (χ1) is 10.4. The van der Waals surface area contributed by atoms with Gasteiger partial charge >= 0.3 is 6.09 Å². The zero-order valence-corrected chi connectivity index (χ0v) is 13.7. The molecular weight excluding hydrogens is 282 g/mol. The van der Waals surface area contributed by atoms with Crippen LogP contribution in [-0.2, 0) is 11.3 Å². The van der Waals surface area contributed by atoms with Crippen LogP contribution >= 0.6 is 0 Å². The lowest BCUT2D eigenvalue weighted by Crippen LogP contribution is -2.50. The summed E-state index contributed by atoms with van der Waals surface area (Å²) in [6.07, 6.45) is 8.29. The molecule has 1 fully saturated rings. The van der Waals surface area contributed by atoms with Crippen LogP contribution < -0.4 is 10.6 Å². The van der Waals surface area contributed by atoms with Crippen LogP contribution in [0.2, 0.25) is 0 Å². The maximum Gasteiger partial charge on any atom is 0.407 e. The predicted molar refractivity (Wildman–Crippen MR) is 83.4 cm³/mol. The lowest BCUT2D eigenvalue weighted by atomic mass is 10.0. The van der Waals surface area contributed by atoms with E-state index in [1.165, 1.54) is 19.2 Å². The van der Waals surface area contributed by atoms with Gasteiger partial charge in [-0.05, 0) is 33.6 Å². The fourth-order valence-corrected chi connectivity index (χ4v) is 2.74. The molecule has 1 aliphatic carbocycles. The predicted octanol–water partition coefficient (Wildman–Crippen LogP) is 2.99. The molecule has 6 nitrogen and oxygen atoms in total. The molecule has 2 unspecified atom stereocenters. The molecule has 1 aliphatic rings. The van der Waals surface area contributed by atoms with Gasteiger partial charge in [-0.3, -0.25) is 0 Å². The molecule has 2 rings (SSSR count). The third-order valence-electron chi connectivity index (χ3n) is 3.74. The van der Waals surface area contributed by atoms with Crippen molar-refractivity contribution in [3.63, 3.8) is 0 Å². The summed E-state index contributed by atoms with van der Waals surface area (Å²) in [5.74, 6) is 0.806. The Bertz CT molecular complexity index is 454. The van der Waals surface area contributed by atoms with Crippen molar-refractivity contribution in [3.8, 4) is 0 Å². The van der Waals surface area contributed by atoms with E-state index in [2.05, 4.69) is 15.6 Å². The van der Waals surface area contributed by atoms with Crippen LogP contribution in [0.25, 0.3) is 0 Å². The Balaban J connectivity index is 1.90. The van der Waals surface area contributed by atoms with Crippen LogP contribution in [0.5, 0.6) is 0 Å². The second-order valence-electron chi connectivity index (χ2n) is 6.85. The molecule has 22 heavy (non-hydrogen) atoms. The Morgan fingerprint density at radius 1 is 1.32 bits per heavy atom. The first-order valence-electron chi connectivity index (χ1n) is 8.04. The number of hydrogen-bond acceptors (Lipinski definition) is 5. The maximum absolute atomic E-state index is 12.0. The number of rotatable bonds is 4. The van der Waals surface area contributed by atoms with Gasteiger partial charge in [-0.25, -0.2) is 9.78 Å². The topological polar surface area (TPSA) is 76.4 Å². The van der Waals surface area contributed by atoms with Crippen molar-refractivity contribution in [2.24, 2.45) is 0 Å². The molecule has 0 aliphatic heterocycles. The summed E-state index contributed by atoms with van der Waals surface area (Å²) < 4.78 is 10.6. The summed E-state index contributed by atoms with van der Waals surface area (Å²) in [5, 5.41) is 6.50. The molecule has 2 atom stereocenters. The van der Waals surface area contributed by atoms with E-state index in [9.17, 15) is 4.79 Å². The second-order valence-corrected chi connectivity index (χ2v) is 6.85. The molecule has 6 heteroatoms. The van der Waals surface area contributed by atoms with Crippen molar-refractivity contribution in [1.82, 2.24) is 15.6 Å². The highest BCUT2D eigenvalue weighted by atomic mass is 16.6. The van der Waals surface area contributed by atoms with E-state index in [1.54, 1.807) is 6.20 Å². The van der Waals surface area contributed by atoms with Crippen molar-refractivity contribution in [2.45, 2.75) is 77.1 Å². The summed E-state index contributed by atoms with van der Waals surface area (Å²) in [4.78, 5) is 15.9. The monoisotopic (exact) mass is 309 g/mol. The summed E-state index contributed by atoms with van der Waals surface area (Å²) in [6.45, 7) is 6.25. The van der Waals surface area contributed by atoms with Gasteiger partial charge in [-0.1, -0.05) is 19.3 Å². The zero-order valence-electron chi connectivity index (χ0n) is 13.7. The van der Waals surface area contributed by atoms with Crippen molar-refractivity contribution >= 4 is 6.09 Å². The third kappa shape index (κ3) is 5.67. The summed E-state index contributed by atoms with van der Waals surface area (Å²) >= 11 is 0. The van der Waals surface area contributed by atoms with E-state index in [1.807, 2.05) is 20.8 Å². The van der Waals surface area contributed by atoms with Gasteiger partial charge in [0.1, 0.15) is 11.4 Å². The Morgan fingerprint density at radius 3 is 2.68 bits per heavy atom. The minimum absolute atomic E-state index is 0.0836. The zero-order chi connectivity index (χ0) is 16.0. The number of nitrogens with one attached hydrogen (secondary N) is 2. The quantitative estimate of drug-likeness (QED) is 0.836. The van der Waals surface area contributed by atoms with Gasteiger partial charge < -0.3 is 19.8 Å². The minimum Gasteiger partial charge on any atom is -0.447 e. The normalized spacial score (nSPS) is 22.9. The molecule has 0 bridgehead atoms. The molecule has 124 valence electrons. The van der Waals surface area contributed by atoms with Gasteiger partial charge in [0.05, 0.1) is 12.7 Å². The van der Waals surface area contributed by atoms with Crippen LogP contribution in [0, 0.1) is 0 Å². The Hall–Kier alpha value is -1.56. The summed E-state index contributed by atoms with van der Waals surface area (Å²) in [6, 6.07) is 0.306. The van der Waals surface area contributed by atoms with Crippen LogP contribution in [0.3, 0.4) is 0 Å². The molecule has 1 amide bonds. The van der Waals surface area contributed by atoms with Crippen LogP contribution in [0.4, 0.5) is 4.79 Å². The number of aromatic nitrogens is 1. The van der Waals surface area contributed by atoms with Crippen molar-refractivity contribution in [2.75, 3.05) is 0 Å². The molecule has 1 heterocycles. The Morgan fingerprint density at radius 2 is 2.05 bits per heavy atom. The highest BCUT2D eigenvalue weighted by Crippen LogP contribution is 2.19. The van der Waals surface area contributed by atoms with Crippen molar-refractivity contribution < 1.29 is 13.9 Å². The number of carbonyl (C=O) groups excluding carboxylic acids is 1. The van der Waals surface area contributed by atoms with E-state index in [0.717, 1.165) is 25.0 Å². The number of carbonyl (C=O) groups is 1. The van der Waals surface area contributed by atoms with Gasteiger partial charge in [0, 0.05) is 12.1 Å². The minimum atomic E-state index is -0.475. The van der Waals surface area contributed by atoms with Gasteiger partial charge in [-0.2, -0.15) is 0 Å². The van der Waals surface area contributed by atoms with E-state index >= 15 is 0 Å². The highest BCUT2D eigenvalue weighted by Gasteiger charge is 2.27. The summed E-state index contributed by atoms with van der Waals surface area (Å²) in [5.41, 5.74) is -0.475. The maximum atomic E-state index is 12.0. The molecule has 0 aromatic carbocycles. The van der Waals surface area contributed by atoms with E-state index in [4.69, 9.17) is 9.15 Å². The average molecular weight is 309 g/mol. The fraction of sp³-hybridized carbons (Fsp3) is 0.750. The fourth-order valence-electron chi connectivity index (χ4n) is 2.74. The first-order valence-corrected chi connectivity index (χ1v) is 8.04. The Kier molecular flexibility index (Phi) is 5.83. The standard InChI is InChI=1S/C16H27N3O3/c1-16(2,3)22-15(20)19-14-8-6-4-5-7-13(14)18-10-12-9-17-11-21-12/h9,11,13-14,18H,4-8,10H2,1-3H3,(H,19,20). The number of amides is 1. The van der Waals surface area contributed by atoms with Crippen molar-refractivity contribution in [1.29, 1.82) is 0 Å². The molecule has 0 saturated heterocycles. The third-order valence-corrected chi connectivity index (χ3v) is 3.74. The molecule has 0 radical (unpaired) electrons. The van der Waals surface area contributed by atoms with Crippen LogP contribution in [-0.4, -0.2) is 28.8 Å². The molecular formula is C16H27N3O3. The van der Waals surface area contributed by atoms with Gasteiger partial charge in [0.25, 0.3) is 0 Å². The smallest absolute Gasteiger partial charge is 0.407 e. The van der Waals surface area contributed by atoms with Crippen molar-refractivity contribution in [3.05, 3.63) is 18.4 Å². The number of nitrogens with zero attached hydrogens (tertiary/aromatic N) is 1. The largest absolute Gasteiger partial charge is 0.447 e. The SMILES string of the molecule is CC(C)(C)OC(=O)NC1CCCCCC1NCc1cnco1. The van der Waals surface area contributed by atoms with E-state index < -0.39 is 5.60 Å². The molecule has 0 spiro atoms. The van der Waals surface area contributed by atoms with Gasteiger partial charge in [0.15, 0.2) is 6.39 Å². The molecule has 2 N–H and O–H groups in total. The second kappa shape index (κ2) is 7.63. The van der Waals surface area contributed by atoms with Gasteiger partial charge in [0.2, 0.25) is 0 Å². The van der Waals surface area contributed by atoms with Crippen LogP contribution in [0.15, 0.2) is 17.0 Å². The molecule has 1 saturated carbocycles. The van der Waals surface area contributed by atoms with E-state index in [0.29, 0.717) is 6.54 Å². The highest BCUT2D eigenvalue weighted by molar-refractivity contribution is 5.68. The lowest BCUT2D eigenvalue weighted by molar-refractivity contribution is 0.0489. The summed E-state index contributed by atoms with van der Waals surface area (Å²) in [7, 11) is 0. The number of ether oxygens (including phenoxy) is 1.